The third-order valence-electron chi connectivity index (χ3n) is 4.95. The third-order valence-corrected chi connectivity index (χ3v) is 5.14. The first-order valence-corrected chi connectivity index (χ1v) is 9.22. The molecule has 2 aromatic heterocycles. The molecule has 0 bridgehead atoms. The van der Waals surface area contributed by atoms with Crippen molar-refractivity contribution in [2.45, 2.75) is 31.5 Å². The molecule has 3 aromatic rings. The van der Waals surface area contributed by atoms with Gasteiger partial charge in [-0.2, -0.15) is 5.10 Å². The Labute approximate surface area is 161 Å². The normalized spacial score (nSPS) is 22.1. The number of benzene rings is 1. The highest BCUT2D eigenvalue weighted by Gasteiger charge is 2.34. The zero-order chi connectivity index (χ0) is 18.8. The Morgan fingerprint density at radius 1 is 1.30 bits per heavy atom. The van der Waals surface area contributed by atoms with E-state index in [2.05, 4.69) is 20.4 Å². The monoisotopic (exact) mass is 385 g/mol. The van der Waals surface area contributed by atoms with Gasteiger partial charge in [-0.1, -0.05) is 23.7 Å². The van der Waals surface area contributed by atoms with E-state index in [0.717, 1.165) is 11.3 Å². The number of aliphatic hydroxyl groups excluding tert-OH is 1. The molecule has 0 spiro atoms. The number of rotatable bonds is 5. The number of hydrogen-bond donors (Lipinski definition) is 3. The number of aromatic nitrogens is 4. The lowest BCUT2D eigenvalue weighted by atomic mass is 10.1. The van der Waals surface area contributed by atoms with E-state index in [1.54, 1.807) is 41.7 Å². The van der Waals surface area contributed by atoms with E-state index in [-0.39, 0.29) is 17.9 Å². The van der Waals surface area contributed by atoms with Gasteiger partial charge in [-0.15, -0.1) is 0 Å². The topological polar surface area (TPSA) is 95.8 Å². The summed E-state index contributed by atoms with van der Waals surface area (Å²) < 4.78 is 1.78. The molecule has 1 aromatic carbocycles. The van der Waals surface area contributed by atoms with E-state index in [1.807, 2.05) is 12.1 Å². The minimum atomic E-state index is -0.561. The zero-order valence-corrected chi connectivity index (χ0v) is 15.3. The Morgan fingerprint density at radius 2 is 2.11 bits per heavy atom. The van der Waals surface area contributed by atoms with Crippen LogP contribution in [0.4, 0.5) is 0 Å². The Bertz CT molecular complexity index is 907. The fourth-order valence-electron chi connectivity index (χ4n) is 3.59. The summed E-state index contributed by atoms with van der Waals surface area (Å²) in [5.74, 6) is 0.0574. The SMILES string of the molecule is O=C(N[C@@H]1CC(Cn2cc(Cl)cn2)C[C@H]1O)c1ccc(-c2cnc[nH]2)cc1. The Morgan fingerprint density at radius 3 is 2.78 bits per heavy atom. The number of hydrogen-bond acceptors (Lipinski definition) is 4. The molecule has 1 aliphatic rings. The molecule has 1 aliphatic carbocycles. The largest absolute Gasteiger partial charge is 0.391 e. The number of nitrogens with zero attached hydrogens (tertiary/aromatic N) is 3. The minimum Gasteiger partial charge on any atom is -0.391 e. The van der Waals surface area contributed by atoms with Gasteiger partial charge in [0, 0.05) is 18.3 Å². The van der Waals surface area contributed by atoms with Crippen LogP contribution in [0.5, 0.6) is 0 Å². The van der Waals surface area contributed by atoms with E-state index in [4.69, 9.17) is 11.6 Å². The van der Waals surface area contributed by atoms with Crippen LogP contribution >= 0.6 is 11.6 Å². The van der Waals surface area contributed by atoms with Crippen LogP contribution in [0, 0.1) is 5.92 Å². The van der Waals surface area contributed by atoms with Crippen LogP contribution in [0.15, 0.2) is 49.2 Å². The van der Waals surface area contributed by atoms with Crippen molar-refractivity contribution in [3.05, 3.63) is 59.8 Å². The molecule has 27 heavy (non-hydrogen) atoms. The van der Waals surface area contributed by atoms with Gasteiger partial charge >= 0.3 is 0 Å². The summed E-state index contributed by atoms with van der Waals surface area (Å²) in [4.78, 5) is 19.6. The summed E-state index contributed by atoms with van der Waals surface area (Å²) in [5, 5.41) is 18.1. The molecule has 140 valence electrons. The maximum atomic E-state index is 12.5. The van der Waals surface area contributed by atoms with Crippen LogP contribution in [-0.2, 0) is 6.54 Å². The lowest BCUT2D eigenvalue weighted by molar-refractivity contribution is 0.0873. The molecule has 1 amide bonds. The number of aliphatic hydroxyl groups is 1. The summed E-state index contributed by atoms with van der Waals surface area (Å²) in [6.07, 6.45) is 7.48. The van der Waals surface area contributed by atoms with Crippen molar-refractivity contribution in [2.75, 3.05) is 0 Å². The van der Waals surface area contributed by atoms with Crippen molar-refractivity contribution >= 4 is 17.5 Å². The molecule has 1 unspecified atom stereocenters. The Balaban J connectivity index is 1.36. The van der Waals surface area contributed by atoms with Crippen molar-refractivity contribution in [1.29, 1.82) is 0 Å². The van der Waals surface area contributed by atoms with Crippen LogP contribution < -0.4 is 5.32 Å². The minimum absolute atomic E-state index is 0.182. The van der Waals surface area contributed by atoms with Gasteiger partial charge in [0.1, 0.15) is 0 Å². The molecule has 7 nitrogen and oxygen atoms in total. The maximum absolute atomic E-state index is 12.5. The lowest BCUT2D eigenvalue weighted by Gasteiger charge is -2.16. The summed E-state index contributed by atoms with van der Waals surface area (Å²) in [7, 11) is 0. The van der Waals surface area contributed by atoms with E-state index >= 15 is 0 Å². The number of imidazole rings is 1. The van der Waals surface area contributed by atoms with Crippen molar-refractivity contribution in [3.63, 3.8) is 0 Å². The molecule has 4 rings (SSSR count). The molecule has 8 heteroatoms. The highest BCUT2D eigenvalue weighted by molar-refractivity contribution is 6.30. The van der Waals surface area contributed by atoms with Gasteiger partial charge in [0.25, 0.3) is 5.91 Å². The number of nitrogens with one attached hydrogen (secondary N) is 2. The second-order valence-electron chi connectivity index (χ2n) is 6.91. The zero-order valence-electron chi connectivity index (χ0n) is 14.5. The van der Waals surface area contributed by atoms with Gasteiger partial charge in [-0.3, -0.25) is 9.48 Å². The molecule has 0 aliphatic heterocycles. The number of halogens is 1. The van der Waals surface area contributed by atoms with E-state index in [0.29, 0.717) is 30.0 Å². The molecule has 3 N–H and O–H groups in total. The molecule has 3 atom stereocenters. The maximum Gasteiger partial charge on any atom is 0.251 e. The van der Waals surface area contributed by atoms with Gasteiger partial charge < -0.3 is 15.4 Å². The van der Waals surface area contributed by atoms with E-state index in [1.165, 1.54) is 0 Å². The quantitative estimate of drug-likeness (QED) is 0.628. The molecular formula is C19H20ClN5O2. The lowest BCUT2D eigenvalue weighted by Crippen LogP contribution is -2.39. The van der Waals surface area contributed by atoms with Crippen LogP contribution in [0.1, 0.15) is 23.2 Å². The first kappa shape index (κ1) is 17.8. The highest BCUT2D eigenvalue weighted by atomic mass is 35.5. The van der Waals surface area contributed by atoms with Crippen molar-refractivity contribution < 1.29 is 9.90 Å². The van der Waals surface area contributed by atoms with Gasteiger partial charge in [0.2, 0.25) is 0 Å². The molecule has 1 fully saturated rings. The fourth-order valence-corrected chi connectivity index (χ4v) is 3.75. The highest BCUT2D eigenvalue weighted by Crippen LogP contribution is 2.28. The molecule has 0 radical (unpaired) electrons. The van der Waals surface area contributed by atoms with Crippen LogP contribution in [0.25, 0.3) is 11.3 Å². The smallest absolute Gasteiger partial charge is 0.251 e. The summed E-state index contributed by atoms with van der Waals surface area (Å²) >= 11 is 5.89. The number of amides is 1. The molecule has 2 heterocycles. The molecule has 0 saturated heterocycles. The first-order chi connectivity index (χ1) is 13.1. The number of carbonyl (C=O) groups is 1. The average Bonchev–Trinajstić information content (AvgIpc) is 3.39. The van der Waals surface area contributed by atoms with E-state index in [9.17, 15) is 9.90 Å². The van der Waals surface area contributed by atoms with Gasteiger partial charge in [-0.25, -0.2) is 4.98 Å². The second kappa shape index (κ2) is 7.54. The summed E-state index contributed by atoms with van der Waals surface area (Å²) in [5.41, 5.74) is 2.42. The predicted octanol–water partition coefficient (Wildman–Crippen LogP) is 2.50. The number of aromatic amines is 1. The van der Waals surface area contributed by atoms with Crippen molar-refractivity contribution in [1.82, 2.24) is 25.1 Å². The summed E-state index contributed by atoms with van der Waals surface area (Å²) in [6, 6.07) is 7.03. The predicted molar refractivity (Wildman–Crippen MR) is 101 cm³/mol. The number of H-pyrrole nitrogens is 1. The standard InChI is InChI=1S/C19H20ClN5O2/c20-15-7-23-25(10-15)9-12-5-16(18(26)6-12)24-19(27)14-3-1-13(2-4-14)17-8-21-11-22-17/h1-4,7-8,10-12,16,18,26H,5-6,9H2,(H,21,22)(H,24,27)/t12?,16-,18-/m1/s1. The first-order valence-electron chi connectivity index (χ1n) is 8.84. The van der Waals surface area contributed by atoms with Crippen LogP contribution in [-0.4, -0.2) is 42.9 Å². The third kappa shape index (κ3) is 4.04. The molecule has 1 saturated carbocycles. The average molecular weight is 386 g/mol. The van der Waals surface area contributed by atoms with Gasteiger partial charge in [0.15, 0.2) is 0 Å². The van der Waals surface area contributed by atoms with Gasteiger partial charge in [0.05, 0.1) is 41.6 Å². The van der Waals surface area contributed by atoms with Crippen LogP contribution in [0.2, 0.25) is 5.02 Å². The van der Waals surface area contributed by atoms with Crippen molar-refractivity contribution in [3.8, 4) is 11.3 Å². The van der Waals surface area contributed by atoms with Gasteiger partial charge in [-0.05, 0) is 36.5 Å². The summed E-state index contributed by atoms with van der Waals surface area (Å²) in [6.45, 7) is 0.676. The second-order valence-corrected chi connectivity index (χ2v) is 7.34. The van der Waals surface area contributed by atoms with Crippen LogP contribution in [0.3, 0.4) is 0 Å². The Hall–Kier alpha value is -2.64. The van der Waals surface area contributed by atoms with E-state index < -0.39 is 6.10 Å². The number of carbonyl (C=O) groups excluding carboxylic acids is 1. The Kier molecular flexibility index (Phi) is 4.96. The fraction of sp³-hybridized carbons (Fsp3) is 0.316. The molecular weight excluding hydrogens is 366 g/mol. The van der Waals surface area contributed by atoms with Crippen molar-refractivity contribution in [2.24, 2.45) is 5.92 Å².